The van der Waals surface area contributed by atoms with E-state index in [9.17, 15) is 30.0 Å². The first kappa shape index (κ1) is 22.2. The van der Waals surface area contributed by atoms with Gasteiger partial charge in [0, 0.05) is 25.2 Å². The summed E-state index contributed by atoms with van der Waals surface area (Å²) in [4.78, 5) is 30.5. The normalized spacial score (nSPS) is 12.6. The lowest BCUT2D eigenvalue weighted by atomic mass is 10.1. The molecular formula is C22H20N4O6. The smallest absolute Gasteiger partial charge is 0.305 e. The third-order valence-corrected chi connectivity index (χ3v) is 4.53. The van der Waals surface area contributed by atoms with Crippen molar-refractivity contribution < 1.29 is 25.2 Å². The van der Waals surface area contributed by atoms with Crippen LogP contribution in [0.4, 0.5) is 0 Å². The molecule has 0 aliphatic rings. The molecule has 32 heavy (non-hydrogen) atoms. The average molecular weight is 436 g/mol. The zero-order valence-electron chi connectivity index (χ0n) is 17.5. The number of carbonyl (C=O) groups excluding carboxylic acids is 1. The first-order valence-corrected chi connectivity index (χ1v) is 9.47. The van der Waals surface area contributed by atoms with Crippen LogP contribution in [-0.2, 0) is 13.5 Å². The van der Waals surface area contributed by atoms with Crippen molar-refractivity contribution in [1.29, 1.82) is 0 Å². The number of hydrogen-bond acceptors (Lipinski definition) is 8. The predicted octanol–water partition coefficient (Wildman–Crippen LogP) is 2.41. The van der Waals surface area contributed by atoms with Crippen molar-refractivity contribution in [3.8, 4) is 11.8 Å². The number of aliphatic hydroxyl groups excluding tert-OH is 4. The molecule has 0 saturated heterocycles. The molecule has 2 heterocycles. The molecule has 3 rings (SSSR count). The Bertz CT molecular complexity index is 1410. The van der Waals surface area contributed by atoms with Gasteiger partial charge in [0.15, 0.2) is 5.76 Å². The van der Waals surface area contributed by atoms with Gasteiger partial charge in [0.1, 0.15) is 11.6 Å². The van der Waals surface area contributed by atoms with Crippen LogP contribution in [0.3, 0.4) is 0 Å². The Morgan fingerprint density at radius 3 is 2.41 bits per heavy atom. The molecule has 0 aliphatic heterocycles. The maximum absolute atomic E-state index is 13.3. The fourth-order valence-electron chi connectivity index (χ4n) is 2.94. The second kappa shape index (κ2) is 8.69. The number of allylic oxidation sites excluding steroid dienone is 2. The number of hydrogen-bond donors (Lipinski definition) is 4. The molecule has 0 unspecified atom stereocenters. The summed E-state index contributed by atoms with van der Waals surface area (Å²) in [5.41, 5.74) is 0.410. The van der Waals surface area contributed by atoms with Gasteiger partial charge >= 0.3 is 5.91 Å². The van der Waals surface area contributed by atoms with Crippen LogP contribution in [0.25, 0.3) is 10.9 Å². The van der Waals surface area contributed by atoms with Crippen LogP contribution in [0, 0.1) is 11.8 Å². The van der Waals surface area contributed by atoms with Crippen molar-refractivity contribution in [2.24, 2.45) is 7.05 Å². The van der Waals surface area contributed by atoms with E-state index in [1.807, 2.05) is 0 Å². The molecule has 0 atom stereocenters. The molecule has 4 N–H and O–H groups in total. The van der Waals surface area contributed by atoms with E-state index >= 15 is 0 Å². The summed E-state index contributed by atoms with van der Waals surface area (Å²) in [6.07, 6.45) is 3.40. The van der Waals surface area contributed by atoms with Crippen molar-refractivity contribution in [1.82, 2.24) is 19.3 Å². The van der Waals surface area contributed by atoms with Crippen LogP contribution in [0.5, 0.6) is 0 Å². The lowest BCUT2D eigenvalue weighted by Crippen LogP contribution is -2.33. The van der Waals surface area contributed by atoms with Crippen LogP contribution < -0.4 is 5.56 Å². The lowest BCUT2D eigenvalue weighted by molar-refractivity contribution is 0.0873. The number of aliphatic hydroxyl groups is 4. The summed E-state index contributed by atoms with van der Waals surface area (Å²) in [6.45, 7) is 2.69. The standard InChI is InChI=1S/C22H20N4O6/c1-4-16-24-15-7-5-6-14(9-8-13-10-23-25(3)11-13)17(15)21(31)26(16)22(32)20(30)19(29)18(28)12(2)27/h5-7,10-11,27-30H,4H2,1-3H3/b18-12?,20-19-. The van der Waals surface area contributed by atoms with Gasteiger partial charge in [-0.3, -0.25) is 14.3 Å². The molecule has 3 aromatic rings. The van der Waals surface area contributed by atoms with Crippen molar-refractivity contribution in [2.75, 3.05) is 0 Å². The monoisotopic (exact) mass is 436 g/mol. The van der Waals surface area contributed by atoms with Crippen molar-refractivity contribution in [2.45, 2.75) is 20.3 Å². The van der Waals surface area contributed by atoms with Crippen molar-refractivity contribution in [3.05, 3.63) is 80.9 Å². The molecule has 0 spiro atoms. The van der Waals surface area contributed by atoms with Crippen LogP contribution >= 0.6 is 0 Å². The van der Waals surface area contributed by atoms with E-state index in [1.54, 1.807) is 49.2 Å². The molecule has 1 aromatic carbocycles. The SMILES string of the molecule is CCc1nc2cccc(C#Cc3cnn(C)c3)c2c(=O)n1C(=O)/C(O)=C(/O)C(O)=C(C)O. The van der Waals surface area contributed by atoms with Crippen molar-refractivity contribution in [3.63, 3.8) is 0 Å². The number of benzene rings is 1. The first-order valence-electron chi connectivity index (χ1n) is 9.47. The Labute approximate surface area is 182 Å². The van der Waals surface area contributed by atoms with Gasteiger partial charge in [-0.1, -0.05) is 24.8 Å². The van der Waals surface area contributed by atoms with Gasteiger partial charge in [0.25, 0.3) is 5.56 Å². The quantitative estimate of drug-likeness (QED) is 0.211. The molecule has 10 heteroatoms. The molecule has 0 saturated carbocycles. The fourth-order valence-corrected chi connectivity index (χ4v) is 2.94. The molecule has 0 bridgehead atoms. The van der Waals surface area contributed by atoms with E-state index in [1.165, 1.54) is 0 Å². The Morgan fingerprint density at radius 2 is 1.81 bits per heavy atom. The maximum atomic E-state index is 13.3. The first-order chi connectivity index (χ1) is 15.1. The molecule has 0 radical (unpaired) electrons. The summed E-state index contributed by atoms with van der Waals surface area (Å²) in [6, 6.07) is 4.85. The van der Waals surface area contributed by atoms with E-state index in [2.05, 4.69) is 21.9 Å². The van der Waals surface area contributed by atoms with Crippen LogP contribution in [0.1, 0.15) is 35.6 Å². The molecule has 10 nitrogen and oxygen atoms in total. The molecular weight excluding hydrogens is 416 g/mol. The summed E-state index contributed by atoms with van der Waals surface area (Å²) in [5, 5.41) is 43.0. The molecule has 2 aromatic heterocycles. The number of aromatic nitrogens is 4. The molecule has 164 valence electrons. The van der Waals surface area contributed by atoms with E-state index in [0.717, 1.165) is 6.92 Å². The predicted molar refractivity (Wildman–Crippen MR) is 115 cm³/mol. The van der Waals surface area contributed by atoms with Gasteiger partial charge in [-0.2, -0.15) is 5.10 Å². The summed E-state index contributed by atoms with van der Waals surface area (Å²) < 4.78 is 2.18. The van der Waals surface area contributed by atoms with Gasteiger partial charge in [-0.15, -0.1) is 0 Å². The molecule has 0 fully saturated rings. The zero-order valence-corrected chi connectivity index (χ0v) is 17.5. The minimum atomic E-state index is -1.33. The topological polar surface area (TPSA) is 151 Å². The minimum Gasteiger partial charge on any atom is -0.509 e. The van der Waals surface area contributed by atoms with Gasteiger partial charge in [0.05, 0.1) is 22.7 Å². The Morgan fingerprint density at radius 1 is 1.09 bits per heavy atom. The maximum Gasteiger partial charge on any atom is 0.305 e. The molecule has 0 amide bonds. The minimum absolute atomic E-state index is 0.0217. The van der Waals surface area contributed by atoms with E-state index in [0.29, 0.717) is 21.2 Å². The summed E-state index contributed by atoms with van der Waals surface area (Å²) in [5.74, 6) is 0.0436. The third kappa shape index (κ3) is 4.04. The highest BCUT2D eigenvalue weighted by Gasteiger charge is 2.25. The molecule has 0 aliphatic carbocycles. The van der Waals surface area contributed by atoms with Gasteiger partial charge < -0.3 is 20.4 Å². The highest BCUT2D eigenvalue weighted by Crippen LogP contribution is 2.17. The van der Waals surface area contributed by atoms with E-state index in [4.69, 9.17) is 0 Å². The van der Waals surface area contributed by atoms with E-state index < -0.39 is 34.5 Å². The number of rotatable bonds is 3. The van der Waals surface area contributed by atoms with Crippen LogP contribution in [-0.4, -0.2) is 45.7 Å². The second-order valence-electron chi connectivity index (χ2n) is 6.81. The van der Waals surface area contributed by atoms with Gasteiger partial charge in [-0.05, 0) is 19.1 Å². The number of fused-ring (bicyclic) bond motifs is 1. The zero-order chi connectivity index (χ0) is 23.6. The highest BCUT2D eigenvalue weighted by molar-refractivity contribution is 5.96. The summed E-state index contributed by atoms with van der Waals surface area (Å²) >= 11 is 0. The number of carbonyl (C=O) groups is 1. The highest BCUT2D eigenvalue weighted by atomic mass is 16.4. The lowest BCUT2D eigenvalue weighted by Gasteiger charge is -2.12. The third-order valence-electron chi connectivity index (χ3n) is 4.53. The largest absolute Gasteiger partial charge is 0.509 e. The Balaban J connectivity index is 2.26. The Hall–Kier alpha value is -4.52. The van der Waals surface area contributed by atoms with Gasteiger partial charge in [-0.25, -0.2) is 9.55 Å². The van der Waals surface area contributed by atoms with Gasteiger partial charge in [0.2, 0.25) is 11.5 Å². The Kier molecular flexibility index (Phi) is 6.02. The second-order valence-corrected chi connectivity index (χ2v) is 6.81. The van der Waals surface area contributed by atoms with Crippen LogP contribution in [0.15, 0.2) is 58.4 Å². The average Bonchev–Trinajstić information content (AvgIpc) is 3.20. The number of aryl methyl sites for hydroxylation is 2. The van der Waals surface area contributed by atoms with Crippen molar-refractivity contribution >= 4 is 16.8 Å². The summed E-state index contributed by atoms with van der Waals surface area (Å²) in [7, 11) is 1.74. The number of nitrogens with zero attached hydrogens (tertiary/aromatic N) is 4. The fraction of sp³-hybridized carbons (Fsp3) is 0.182. The van der Waals surface area contributed by atoms with Crippen LogP contribution in [0.2, 0.25) is 0 Å². The van der Waals surface area contributed by atoms with E-state index in [-0.39, 0.29) is 17.6 Å².